The minimum Gasteiger partial charge on any atom is -0.480 e. The van der Waals surface area contributed by atoms with E-state index in [-0.39, 0.29) is 35.9 Å². The van der Waals surface area contributed by atoms with Crippen molar-refractivity contribution in [3.8, 4) is 5.75 Å². The standard InChI is InChI=1S/C30H36F3N5O3/c1-5-29(6-2)15-22(39)38(27(34)37-29)25(17-10-9-13-35-16-17)23-24(28(23,3)4)26(40)36-19-14-21(30(31,32)33)41-20-12-8-7-11-18(19)20/h7-13,16,19,21,23-25H,5-6,14-15H2,1-4H3,(H2,34,37)(H,36,40)/t19-,21+,23+,24+,25-/m0/s1. The number of nitrogens with one attached hydrogen (secondary N) is 1. The van der Waals surface area contributed by atoms with E-state index in [4.69, 9.17) is 15.5 Å². The Hall–Kier alpha value is -3.63. The monoisotopic (exact) mass is 571 g/mol. The van der Waals surface area contributed by atoms with Crippen molar-refractivity contribution in [3.63, 3.8) is 0 Å². The number of hydrogen-bond donors (Lipinski definition) is 2. The zero-order valence-corrected chi connectivity index (χ0v) is 23.6. The molecular weight excluding hydrogens is 535 g/mol. The third-order valence-corrected chi connectivity index (χ3v) is 9.20. The van der Waals surface area contributed by atoms with Crippen LogP contribution in [0.15, 0.2) is 53.8 Å². The molecule has 3 N–H and O–H groups in total. The van der Waals surface area contributed by atoms with Crippen LogP contribution in [0.3, 0.4) is 0 Å². The van der Waals surface area contributed by atoms with Gasteiger partial charge in [-0.1, -0.05) is 52.0 Å². The van der Waals surface area contributed by atoms with Crippen molar-refractivity contribution in [2.24, 2.45) is 28.0 Å². The molecule has 41 heavy (non-hydrogen) atoms. The van der Waals surface area contributed by atoms with Gasteiger partial charge in [-0.25, -0.2) is 4.99 Å². The number of alkyl halides is 3. The molecular formula is C30H36F3N5O3. The summed E-state index contributed by atoms with van der Waals surface area (Å²) in [5.41, 5.74) is 6.53. The minimum absolute atomic E-state index is 0.101. The maximum absolute atomic E-state index is 13.8. The number of carbonyl (C=O) groups is 2. The van der Waals surface area contributed by atoms with Crippen LogP contribution in [-0.4, -0.2) is 45.5 Å². The third kappa shape index (κ3) is 5.15. The topological polar surface area (TPSA) is 110 Å². The van der Waals surface area contributed by atoms with E-state index in [9.17, 15) is 22.8 Å². The molecule has 0 spiro atoms. The minimum atomic E-state index is -4.58. The number of fused-ring (bicyclic) bond motifs is 1. The molecule has 0 saturated heterocycles. The zero-order valence-electron chi connectivity index (χ0n) is 23.6. The summed E-state index contributed by atoms with van der Waals surface area (Å²) < 4.78 is 46.3. The highest BCUT2D eigenvalue weighted by atomic mass is 19.4. The number of para-hydroxylation sites is 1. The van der Waals surface area contributed by atoms with Crippen LogP contribution in [-0.2, 0) is 9.59 Å². The number of halogens is 3. The van der Waals surface area contributed by atoms with Crippen molar-refractivity contribution < 1.29 is 27.5 Å². The summed E-state index contributed by atoms with van der Waals surface area (Å²) in [5.74, 6) is -1.34. The van der Waals surface area contributed by atoms with Crippen LogP contribution >= 0.6 is 0 Å². The van der Waals surface area contributed by atoms with Gasteiger partial charge in [0, 0.05) is 36.2 Å². The molecule has 0 bridgehead atoms. The fourth-order valence-corrected chi connectivity index (χ4v) is 6.64. The first-order valence-electron chi connectivity index (χ1n) is 14.0. The number of aliphatic imine (C=N–C) groups is 1. The molecule has 1 fully saturated rings. The SMILES string of the molecule is CCC1(CC)CC(=O)N([C@@H](c2cccnc2)[C@H]2[C@H](C(=O)N[C@H]3C[C@H](C(F)(F)F)Oc4ccccc43)C2(C)C)C(N)=N1. The van der Waals surface area contributed by atoms with Gasteiger partial charge in [-0.3, -0.25) is 19.5 Å². The Kier molecular flexibility index (Phi) is 7.28. The van der Waals surface area contributed by atoms with Gasteiger partial charge in [-0.05, 0) is 36.0 Å². The smallest absolute Gasteiger partial charge is 0.425 e. The van der Waals surface area contributed by atoms with Crippen molar-refractivity contribution in [1.82, 2.24) is 15.2 Å². The summed E-state index contributed by atoms with van der Waals surface area (Å²) in [6, 6.07) is 8.53. The number of carbonyl (C=O) groups excluding carboxylic acids is 2. The van der Waals surface area contributed by atoms with Gasteiger partial charge in [-0.15, -0.1) is 0 Å². The summed E-state index contributed by atoms with van der Waals surface area (Å²) in [5, 5.41) is 2.89. The van der Waals surface area contributed by atoms with E-state index in [1.165, 1.54) is 11.0 Å². The number of rotatable bonds is 7. The number of hydrogen-bond acceptors (Lipinski definition) is 6. The summed E-state index contributed by atoms with van der Waals surface area (Å²) in [7, 11) is 0. The van der Waals surface area contributed by atoms with Crippen molar-refractivity contribution >= 4 is 17.8 Å². The highest BCUT2D eigenvalue weighted by Gasteiger charge is 2.67. The Labute approximate surface area is 237 Å². The molecule has 0 radical (unpaired) electrons. The number of nitrogens with zero attached hydrogens (tertiary/aromatic N) is 3. The molecule has 8 nitrogen and oxygen atoms in total. The maximum Gasteiger partial charge on any atom is 0.425 e. The Bertz CT molecular complexity index is 1340. The molecule has 1 aromatic carbocycles. The van der Waals surface area contributed by atoms with Gasteiger partial charge in [0.2, 0.25) is 11.8 Å². The number of amides is 2. The molecule has 5 rings (SSSR count). The summed E-state index contributed by atoms with van der Waals surface area (Å²) in [6.45, 7) is 7.80. The molecule has 1 aliphatic carbocycles. The van der Waals surface area contributed by atoms with E-state index >= 15 is 0 Å². The molecule has 2 aliphatic heterocycles. The molecule has 0 unspecified atom stereocenters. The van der Waals surface area contributed by atoms with Gasteiger partial charge in [0.15, 0.2) is 12.1 Å². The van der Waals surface area contributed by atoms with Gasteiger partial charge < -0.3 is 15.8 Å². The number of nitrogens with two attached hydrogens (primary N) is 1. The molecule has 3 heterocycles. The highest BCUT2D eigenvalue weighted by molar-refractivity contribution is 6.00. The van der Waals surface area contributed by atoms with Crippen LogP contribution in [0.4, 0.5) is 13.2 Å². The van der Waals surface area contributed by atoms with E-state index in [2.05, 4.69) is 10.3 Å². The summed E-state index contributed by atoms with van der Waals surface area (Å²) in [4.78, 5) is 38.0. The molecule has 220 valence electrons. The van der Waals surface area contributed by atoms with E-state index in [0.29, 0.717) is 24.0 Å². The second-order valence-electron chi connectivity index (χ2n) is 11.9. The van der Waals surface area contributed by atoms with Crippen LogP contribution in [0.1, 0.15) is 76.6 Å². The quantitative estimate of drug-likeness (QED) is 0.482. The van der Waals surface area contributed by atoms with E-state index in [1.54, 1.807) is 36.7 Å². The second kappa shape index (κ2) is 10.3. The number of pyridine rings is 1. The average molecular weight is 572 g/mol. The van der Waals surface area contributed by atoms with Gasteiger partial charge in [0.25, 0.3) is 0 Å². The summed E-state index contributed by atoms with van der Waals surface area (Å²) in [6.07, 6.45) is -2.26. The third-order valence-electron chi connectivity index (χ3n) is 9.20. The van der Waals surface area contributed by atoms with Crippen LogP contribution in [0.25, 0.3) is 0 Å². The van der Waals surface area contributed by atoms with Crippen LogP contribution in [0, 0.1) is 17.3 Å². The van der Waals surface area contributed by atoms with Gasteiger partial charge in [0.05, 0.1) is 24.0 Å². The Balaban J connectivity index is 1.47. The van der Waals surface area contributed by atoms with E-state index in [1.807, 2.05) is 33.8 Å². The first-order valence-corrected chi connectivity index (χ1v) is 14.0. The second-order valence-corrected chi connectivity index (χ2v) is 11.9. The molecule has 3 aliphatic rings. The van der Waals surface area contributed by atoms with E-state index in [0.717, 1.165) is 0 Å². The lowest BCUT2D eigenvalue weighted by molar-refractivity contribution is -0.201. The molecule has 2 aromatic rings. The van der Waals surface area contributed by atoms with Crippen molar-refractivity contribution in [2.45, 2.75) is 83.3 Å². The normalized spacial score (nSPS) is 27.2. The number of ether oxygens (including phenoxy) is 1. The number of guanidine groups is 1. The van der Waals surface area contributed by atoms with E-state index < -0.39 is 47.7 Å². The lowest BCUT2D eigenvalue weighted by Crippen LogP contribution is -2.53. The molecule has 2 amide bonds. The lowest BCUT2D eigenvalue weighted by Gasteiger charge is -2.40. The molecule has 1 aromatic heterocycles. The maximum atomic E-state index is 13.8. The summed E-state index contributed by atoms with van der Waals surface area (Å²) >= 11 is 0. The number of aromatic nitrogens is 1. The van der Waals surface area contributed by atoms with Gasteiger partial charge in [0.1, 0.15) is 5.75 Å². The zero-order chi connectivity index (χ0) is 29.7. The Morgan fingerprint density at radius 1 is 1.20 bits per heavy atom. The molecule has 11 heteroatoms. The first kappa shape index (κ1) is 28.9. The van der Waals surface area contributed by atoms with Crippen LogP contribution in [0.5, 0.6) is 5.75 Å². The highest BCUT2D eigenvalue weighted by Crippen LogP contribution is 2.65. The lowest BCUT2D eigenvalue weighted by atomic mass is 9.86. The number of benzene rings is 1. The van der Waals surface area contributed by atoms with Crippen LogP contribution < -0.4 is 15.8 Å². The fraction of sp³-hybridized carbons (Fsp3) is 0.533. The molecule has 1 saturated carbocycles. The largest absolute Gasteiger partial charge is 0.480 e. The predicted molar refractivity (Wildman–Crippen MR) is 147 cm³/mol. The Morgan fingerprint density at radius 3 is 2.51 bits per heavy atom. The van der Waals surface area contributed by atoms with Crippen molar-refractivity contribution in [1.29, 1.82) is 0 Å². The van der Waals surface area contributed by atoms with Crippen molar-refractivity contribution in [3.05, 3.63) is 59.9 Å². The fourth-order valence-electron chi connectivity index (χ4n) is 6.64. The van der Waals surface area contributed by atoms with Crippen molar-refractivity contribution in [2.75, 3.05) is 0 Å². The van der Waals surface area contributed by atoms with Crippen LogP contribution in [0.2, 0.25) is 0 Å². The Morgan fingerprint density at radius 2 is 1.90 bits per heavy atom. The average Bonchev–Trinajstić information content (AvgIpc) is 3.51. The first-order chi connectivity index (χ1) is 19.3. The van der Waals surface area contributed by atoms with Gasteiger partial charge >= 0.3 is 6.18 Å². The predicted octanol–water partition coefficient (Wildman–Crippen LogP) is 5.07. The van der Waals surface area contributed by atoms with Gasteiger partial charge in [-0.2, -0.15) is 13.2 Å². The molecule has 5 atom stereocenters.